The van der Waals surface area contributed by atoms with Crippen LogP contribution >= 0.6 is 0 Å². The van der Waals surface area contributed by atoms with Crippen molar-refractivity contribution in [2.24, 2.45) is 0 Å². The zero-order valence-corrected chi connectivity index (χ0v) is 11.1. The fourth-order valence-electron chi connectivity index (χ4n) is 2.13. The lowest BCUT2D eigenvalue weighted by Crippen LogP contribution is -2.14. The summed E-state index contributed by atoms with van der Waals surface area (Å²) >= 11 is 0. The van der Waals surface area contributed by atoms with Crippen LogP contribution in [0.5, 0.6) is 11.5 Å². The number of nitrogens with one attached hydrogen (secondary N) is 1. The van der Waals surface area contributed by atoms with E-state index in [1.54, 1.807) is 18.5 Å². The van der Waals surface area contributed by atoms with E-state index in [9.17, 15) is 10.1 Å². The van der Waals surface area contributed by atoms with Gasteiger partial charge in [-0.25, -0.2) is 0 Å². The van der Waals surface area contributed by atoms with Crippen LogP contribution in [-0.4, -0.2) is 16.7 Å². The fourth-order valence-corrected chi connectivity index (χ4v) is 2.13. The Labute approximate surface area is 120 Å². The molecule has 1 aliphatic rings. The summed E-state index contributed by atoms with van der Waals surface area (Å²) in [6.07, 6.45) is 3.45. The number of pyridine rings is 1. The minimum absolute atomic E-state index is 0.0259. The van der Waals surface area contributed by atoms with E-state index in [2.05, 4.69) is 10.3 Å². The molecule has 0 amide bonds. The first-order valence-corrected chi connectivity index (χ1v) is 6.40. The monoisotopic (exact) mass is 287 g/mol. The van der Waals surface area contributed by atoms with Gasteiger partial charge < -0.3 is 14.8 Å². The number of ether oxygens (including phenoxy) is 2. The van der Waals surface area contributed by atoms with Crippen LogP contribution in [0, 0.1) is 10.1 Å². The van der Waals surface area contributed by atoms with E-state index >= 15 is 0 Å². The van der Waals surface area contributed by atoms with Crippen LogP contribution in [-0.2, 0) is 13.1 Å². The molecule has 0 bridgehead atoms. The third-order valence-electron chi connectivity index (χ3n) is 3.14. The van der Waals surface area contributed by atoms with E-state index in [1.807, 2.05) is 12.1 Å². The maximum absolute atomic E-state index is 11.1. The van der Waals surface area contributed by atoms with Crippen LogP contribution in [0.1, 0.15) is 11.1 Å². The maximum Gasteiger partial charge on any atom is 0.277 e. The third-order valence-corrected chi connectivity index (χ3v) is 3.14. The highest BCUT2D eigenvalue weighted by Gasteiger charge is 2.22. The predicted octanol–water partition coefficient (Wildman–Crippen LogP) is 2.01. The van der Waals surface area contributed by atoms with Crippen molar-refractivity contribution in [3.8, 4) is 11.5 Å². The summed E-state index contributed by atoms with van der Waals surface area (Å²) < 4.78 is 10.4. The highest BCUT2D eigenvalue weighted by atomic mass is 16.7. The molecular formula is C14H13N3O4. The number of aromatic nitrogens is 1. The van der Waals surface area contributed by atoms with E-state index in [0.717, 1.165) is 5.56 Å². The molecule has 0 saturated heterocycles. The van der Waals surface area contributed by atoms with Crippen LogP contribution in [0.4, 0.5) is 5.69 Å². The van der Waals surface area contributed by atoms with Gasteiger partial charge in [-0.2, -0.15) is 0 Å². The Morgan fingerprint density at radius 3 is 2.81 bits per heavy atom. The quantitative estimate of drug-likeness (QED) is 0.668. The zero-order valence-electron chi connectivity index (χ0n) is 11.1. The van der Waals surface area contributed by atoms with Gasteiger partial charge in [-0.3, -0.25) is 15.1 Å². The Balaban J connectivity index is 1.74. The van der Waals surface area contributed by atoms with Crippen molar-refractivity contribution >= 4 is 5.69 Å². The first kappa shape index (κ1) is 13.3. The highest BCUT2D eigenvalue weighted by molar-refractivity contribution is 5.55. The number of fused-ring (bicyclic) bond motifs is 1. The Bertz CT molecular complexity index is 661. The van der Waals surface area contributed by atoms with Crippen molar-refractivity contribution in [1.82, 2.24) is 10.3 Å². The van der Waals surface area contributed by atoms with Crippen molar-refractivity contribution in [3.63, 3.8) is 0 Å². The maximum atomic E-state index is 11.1. The van der Waals surface area contributed by atoms with E-state index in [1.165, 1.54) is 6.07 Å². The summed E-state index contributed by atoms with van der Waals surface area (Å²) in [6.45, 7) is 1.04. The van der Waals surface area contributed by atoms with Gasteiger partial charge in [0.2, 0.25) is 6.79 Å². The van der Waals surface area contributed by atoms with E-state index in [-0.39, 0.29) is 12.5 Å². The van der Waals surface area contributed by atoms with Crippen LogP contribution < -0.4 is 14.8 Å². The smallest absolute Gasteiger partial charge is 0.277 e. The van der Waals surface area contributed by atoms with Gasteiger partial charge in [0.15, 0.2) is 11.5 Å². The van der Waals surface area contributed by atoms with Gasteiger partial charge in [-0.15, -0.1) is 0 Å². The molecule has 0 atom stereocenters. The summed E-state index contributed by atoms with van der Waals surface area (Å²) in [6, 6.07) is 6.84. The summed E-state index contributed by atoms with van der Waals surface area (Å²) in [5.41, 5.74) is 1.60. The average molecular weight is 287 g/mol. The fraction of sp³-hybridized carbons (Fsp3) is 0.214. The number of nitro groups is 1. The first-order valence-electron chi connectivity index (χ1n) is 6.40. The SMILES string of the molecule is O=[N+]([O-])c1cc2c(cc1CNCc1cccnc1)OCO2. The number of hydrogen-bond donors (Lipinski definition) is 1. The molecule has 7 heteroatoms. The van der Waals surface area contributed by atoms with E-state index in [0.29, 0.717) is 30.2 Å². The molecule has 1 aromatic carbocycles. The first-order chi connectivity index (χ1) is 10.2. The Morgan fingerprint density at radius 2 is 2.10 bits per heavy atom. The molecule has 1 aliphatic heterocycles. The van der Waals surface area contributed by atoms with Gasteiger partial charge >= 0.3 is 0 Å². The third kappa shape index (κ3) is 2.92. The van der Waals surface area contributed by atoms with Crippen molar-refractivity contribution in [1.29, 1.82) is 0 Å². The van der Waals surface area contributed by atoms with Gasteiger partial charge in [-0.05, 0) is 17.7 Å². The van der Waals surface area contributed by atoms with Crippen molar-refractivity contribution in [2.75, 3.05) is 6.79 Å². The van der Waals surface area contributed by atoms with Gasteiger partial charge in [0.1, 0.15) is 0 Å². The molecule has 1 aromatic heterocycles. The summed E-state index contributed by atoms with van der Waals surface area (Å²) in [5, 5.41) is 14.3. The molecule has 2 aromatic rings. The number of benzene rings is 1. The molecular weight excluding hydrogens is 274 g/mol. The topological polar surface area (TPSA) is 86.5 Å². The number of nitrogens with zero attached hydrogens (tertiary/aromatic N) is 2. The average Bonchev–Trinajstić information content (AvgIpc) is 2.94. The molecule has 1 N–H and O–H groups in total. The molecule has 21 heavy (non-hydrogen) atoms. The number of rotatable bonds is 5. The molecule has 7 nitrogen and oxygen atoms in total. The van der Waals surface area contributed by atoms with Crippen molar-refractivity contribution in [2.45, 2.75) is 13.1 Å². The normalized spacial score (nSPS) is 12.4. The van der Waals surface area contributed by atoms with Crippen LogP contribution in [0.25, 0.3) is 0 Å². The minimum atomic E-state index is -0.414. The molecule has 0 saturated carbocycles. The minimum Gasteiger partial charge on any atom is -0.454 e. The van der Waals surface area contributed by atoms with Crippen LogP contribution in [0.15, 0.2) is 36.7 Å². The molecule has 0 aliphatic carbocycles. The summed E-state index contributed by atoms with van der Waals surface area (Å²) in [4.78, 5) is 14.7. The van der Waals surface area contributed by atoms with Crippen LogP contribution in [0.2, 0.25) is 0 Å². The Kier molecular flexibility index (Phi) is 3.65. The van der Waals surface area contributed by atoms with Crippen LogP contribution in [0.3, 0.4) is 0 Å². The second kappa shape index (κ2) is 5.76. The lowest BCUT2D eigenvalue weighted by atomic mass is 10.1. The lowest BCUT2D eigenvalue weighted by molar-refractivity contribution is -0.385. The van der Waals surface area contributed by atoms with Gasteiger partial charge in [0.25, 0.3) is 5.69 Å². The molecule has 0 fully saturated rings. The second-order valence-corrected chi connectivity index (χ2v) is 4.56. The van der Waals surface area contributed by atoms with Crippen molar-refractivity contribution < 1.29 is 14.4 Å². The lowest BCUT2D eigenvalue weighted by Gasteiger charge is -2.07. The highest BCUT2D eigenvalue weighted by Crippen LogP contribution is 2.37. The van der Waals surface area contributed by atoms with Crippen molar-refractivity contribution in [3.05, 3.63) is 57.9 Å². The second-order valence-electron chi connectivity index (χ2n) is 4.56. The number of hydrogen-bond acceptors (Lipinski definition) is 6. The summed E-state index contributed by atoms with van der Waals surface area (Å²) in [5.74, 6) is 0.955. The molecule has 0 spiro atoms. The van der Waals surface area contributed by atoms with E-state index in [4.69, 9.17) is 9.47 Å². The summed E-state index contributed by atoms with van der Waals surface area (Å²) in [7, 11) is 0. The standard InChI is InChI=1S/C14H13N3O4/c18-17(19)12-5-14-13(20-9-21-14)4-11(12)8-16-7-10-2-1-3-15-6-10/h1-6,16H,7-9H2. The zero-order chi connectivity index (χ0) is 14.7. The number of nitro benzene ring substituents is 1. The largest absolute Gasteiger partial charge is 0.454 e. The van der Waals surface area contributed by atoms with Gasteiger partial charge in [0, 0.05) is 31.0 Å². The molecule has 108 valence electrons. The van der Waals surface area contributed by atoms with Gasteiger partial charge in [0.05, 0.1) is 11.0 Å². The molecule has 3 rings (SSSR count). The molecule has 0 radical (unpaired) electrons. The Hall–Kier alpha value is -2.67. The van der Waals surface area contributed by atoms with E-state index < -0.39 is 4.92 Å². The van der Waals surface area contributed by atoms with Gasteiger partial charge in [-0.1, -0.05) is 6.07 Å². The Morgan fingerprint density at radius 1 is 1.29 bits per heavy atom. The molecule has 2 heterocycles. The predicted molar refractivity (Wildman–Crippen MR) is 74.0 cm³/mol. The molecule has 0 unspecified atom stereocenters.